The van der Waals surface area contributed by atoms with E-state index in [1.54, 1.807) is 21.0 Å². The minimum atomic E-state index is -0.694. The Balaban J connectivity index is 3.25. The molecule has 1 aromatic rings. The molecule has 0 saturated carbocycles. The Morgan fingerprint density at radius 3 is 2.27 bits per heavy atom. The number of aliphatic hydroxyl groups is 1. The number of hydrogen-bond donors (Lipinski definition) is 1. The first-order valence-corrected chi connectivity index (χ1v) is 4.75. The lowest BCUT2D eigenvalue weighted by Crippen LogP contribution is -2.17. The first kappa shape index (κ1) is 11.9. The minimum absolute atomic E-state index is 0.108. The second kappa shape index (κ2) is 4.57. The summed E-state index contributed by atoms with van der Waals surface area (Å²) >= 11 is 0. The van der Waals surface area contributed by atoms with Crippen molar-refractivity contribution in [1.82, 2.24) is 0 Å². The highest BCUT2D eigenvalue weighted by molar-refractivity contribution is 5.54. The van der Waals surface area contributed by atoms with Crippen LogP contribution in [-0.4, -0.2) is 25.3 Å². The van der Waals surface area contributed by atoms with E-state index >= 15 is 0 Å². The van der Waals surface area contributed by atoms with E-state index < -0.39 is 17.7 Å². The molecule has 0 aliphatic carbocycles. The Bertz CT molecular complexity index is 351. The maximum Gasteiger partial charge on any atom is 0.146 e. The van der Waals surface area contributed by atoms with Crippen LogP contribution in [0.2, 0.25) is 0 Å². The Labute approximate surface area is 88.1 Å². The molecule has 0 aliphatic rings. The van der Waals surface area contributed by atoms with Crippen molar-refractivity contribution in [2.45, 2.75) is 19.4 Å². The van der Waals surface area contributed by atoms with E-state index in [-0.39, 0.29) is 17.7 Å². The third kappa shape index (κ3) is 2.65. The van der Waals surface area contributed by atoms with Crippen LogP contribution in [0.4, 0.5) is 14.5 Å². The summed E-state index contributed by atoms with van der Waals surface area (Å²) in [6.07, 6.45) is -0.586. The Kier molecular flexibility index (Phi) is 3.63. The predicted molar refractivity (Wildman–Crippen MR) is 56.1 cm³/mol. The molecule has 15 heavy (non-hydrogen) atoms. The fraction of sp³-hybridized carbons (Fsp3) is 0.455. The van der Waals surface area contributed by atoms with Crippen molar-refractivity contribution in [2.24, 2.45) is 0 Å². The summed E-state index contributed by atoms with van der Waals surface area (Å²) in [5.74, 6) is -0.960. The number of hydrogen-bond acceptors (Lipinski definition) is 2. The van der Waals surface area contributed by atoms with E-state index in [2.05, 4.69) is 0 Å². The van der Waals surface area contributed by atoms with Gasteiger partial charge in [0.2, 0.25) is 0 Å². The van der Waals surface area contributed by atoms with Crippen molar-refractivity contribution in [3.8, 4) is 0 Å². The van der Waals surface area contributed by atoms with Crippen LogP contribution in [0.25, 0.3) is 0 Å². The molecule has 1 N–H and O–H groups in total. The van der Waals surface area contributed by atoms with Gasteiger partial charge in [0, 0.05) is 26.1 Å². The molecule has 1 rings (SSSR count). The molecule has 84 valence electrons. The molecule has 1 unspecified atom stereocenters. The molecule has 0 fully saturated rings. The smallest absolute Gasteiger partial charge is 0.146 e. The topological polar surface area (TPSA) is 23.5 Å². The van der Waals surface area contributed by atoms with Crippen LogP contribution in [-0.2, 0) is 6.42 Å². The fourth-order valence-electron chi connectivity index (χ4n) is 1.56. The molecule has 1 atom stereocenters. The van der Waals surface area contributed by atoms with Gasteiger partial charge in [0.05, 0.1) is 11.8 Å². The maximum atomic E-state index is 13.4. The van der Waals surface area contributed by atoms with Gasteiger partial charge in [0.15, 0.2) is 0 Å². The zero-order valence-corrected chi connectivity index (χ0v) is 9.09. The molecule has 0 heterocycles. The SMILES string of the molecule is CC(O)Cc1c(F)ccc(F)c1N(C)C. The van der Waals surface area contributed by atoms with Crippen LogP contribution in [0.1, 0.15) is 12.5 Å². The lowest BCUT2D eigenvalue weighted by molar-refractivity contribution is 0.194. The summed E-state index contributed by atoms with van der Waals surface area (Å²) in [5, 5.41) is 9.22. The molecule has 1 aromatic carbocycles. The quantitative estimate of drug-likeness (QED) is 0.833. The van der Waals surface area contributed by atoms with Gasteiger partial charge in [-0.3, -0.25) is 0 Å². The first-order chi connectivity index (χ1) is 6.93. The summed E-state index contributed by atoms with van der Waals surface area (Å²) in [6.45, 7) is 1.55. The molecule has 4 heteroatoms. The molecular weight excluding hydrogens is 200 g/mol. The molecule has 0 bridgehead atoms. The molecule has 0 aliphatic heterocycles. The third-order valence-electron chi connectivity index (χ3n) is 2.12. The normalized spacial score (nSPS) is 12.7. The van der Waals surface area contributed by atoms with Gasteiger partial charge in [0.1, 0.15) is 11.6 Å². The van der Waals surface area contributed by atoms with E-state index in [0.29, 0.717) is 0 Å². The average Bonchev–Trinajstić information content (AvgIpc) is 2.10. The van der Waals surface area contributed by atoms with Crippen molar-refractivity contribution >= 4 is 5.69 Å². The van der Waals surface area contributed by atoms with Gasteiger partial charge >= 0.3 is 0 Å². The minimum Gasteiger partial charge on any atom is -0.393 e. The standard InChI is InChI=1S/C11H15F2NO/c1-7(15)6-8-9(12)4-5-10(13)11(8)14(2)3/h4-5,7,15H,6H2,1-3H3. The van der Waals surface area contributed by atoms with Crippen LogP contribution in [0, 0.1) is 11.6 Å². The van der Waals surface area contributed by atoms with Crippen LogP contribution < -0.4 is 4.90 Å². The van der Waals surface area contributed by atoms with E-state index in [0.717, 1.165) is 12.1 Å². The van der Waals surface area contributed by atoms with Gasteiger partial charge in [-0.1, -0.05) is 0 Å². The number of nitrogens with zero attached hydrogens (tertiary/aromatic N) is 1. The van der Waals surface area contributed by atoms with Crippen molar-refractivity contribution in [3.05, 3.63) is 29.3 Å². The summed E-state index contributed by atoms with van der Waals surface area (Å²) < 4.78 is 26.9. The van der Waals surface area contributed by atoms with Gasteiger partial charge in [-0.15, -0.1) is 0 Å². The average molecular weight is 215 g/mol. The number of aliphatic hydroxyl groups excluding tert-OH is 1. The summed E-state index contributed by atoms with van der Waals surface area (Å²) in [7, 11) is 3.28. The first-order valence-electron chi connectivity index (χ1n) is 4.75. The lowest BCUT2D eigenvalue weighted by Gasteiger charge is -2.19. The molecular formula is C11H15F2NO. The van der Waals surface area contributed by atoms with E-state index in [9.17, 15) is 13.9 Å². The third-order valence-corrected chi connectivity index (χ3v) is 2.12. The van der Waals surface area contributed by atoms with E-state index in [1.165, 1.54) is 4.90 Å². The molecule has 2 nitrogen and oxygen atoms in total. The number of rotatable bonds is 3. The predicted octanol–water partition coefficient (Wildman–Crippen LogP) is 1.95. The summed E-state index contributed by atoms with van der Waals surface area (Å²) in [4.78, 5) is 1.51. The second-order valence-electron chi connectivity index (χ2n) is 3.80. The highest BCUT2D eigenvalue weighted by Gasteiger charge is 2.16. The zero-order valence-electron chi connectivity index (χ0n) is 9.09. The fourth-order valence-corrected chi connectivity index (χ4v) is 1.56. The van der Waals surface area contributed by atoms with Gasteiger partial charge in [-0.2, -0.15) is 0 Å². The van der Waals surface area contributed by atoms with Crippen molar-refractivity contribution in [3.63, 3.8) is 0 Å². The van der Waals surface area contributed by atoms with Gasteiger partial charge in [0.25, 0.3) is 0 Å². The van der Waals surface area contributed by atoms with Crippen molar-refractivity contribution < 1.29 is 13.9 Å². The lowest BCUT2D eigenvalue weighted by atomic mass is 10.0. The number of benzene rings is 1. The Morgan fingerprint density at radius 1 is 1.27 bits per heavy atom. The molecule has 0 aromatic heterocycles. The van der Waals surface area contributed by atoms with Gasteiger partial charge in [-0.25, -0.2) is 8.78 Å². The van der Waals surface area contributed by atoms with E-state index in [4.69, 9.17) is 0 Å². The second-order valence-corrected chi connectivity index (χ2v) is 3.80. The molecule has 0 spiro atoms. The van der Waals surface area contributed by atoms with Crippen LogP contribution >= 0.6 is 0 Å². The van der Waals surface area contributed by atoms with Crippen LogP contribution in [0.15, 0.2) is 12.1 Å². The van der Waals surface area contributed by atoms with Crippen LogP contribution in [0.5, 0.6) is 0 Å². The summed E-state index contributed by atoms with van der Waals surface area (Å²) in [5.41, 5.74) is 0.422. The van der Waals surface area contributed by atoms with Gasteiger partial charge in [-0.05, 0) is 19.1 Å². The molecule has 0 amide bonds. The molecule has 0 radical (unpaired) electrons. The highest BCUT2D eigenvalue weighted by Crippen LogP contribution is 2.26. The zero-order chi connectivity index (χ0) is 11.6. The maximum absolute atomic E-state index is 13.4. The van der Waals surface area contributed by atoms with Crippen molar-refractivity contribution in [2.75, 3.05) is 19.0 Å². The van der Waals surface area contributed by atoms with E-state index in [1.807, 2.05) is 0 Å². The summed E-state index contributed by atoms with van der Waals surface area (Å²) in [6, 6.07) is 2.18. The molecule has 0 saturated heterocycles. The Hall–Kier alpha value is -1.16. The monoisotopic (exact) mass is 215 g/mol. The highest BCUT2D eigenvalue weighted by atomic mass is 19.1. The van der Waals surface area contributed by atoms with Crippen LogP contribution in [0.3, 0.4) is 0 Å². The van der Waals surface area contributed by atoms with Crippen molar-refractivity contribution in [1.29, 1.82) is 0 Å². The Morgan fingerprint density at radius 2 is 1.80 bits per heavy atom. The largest absolute Gasteiger partial charge is 0.393 e. The van der Waals surface area contributed by atoms with Gasteiger partial charge < -0.3 is 10.0 Å². The number of halogens is 2. The number of anilines is 1.